The number of ether oxygens (including phenoxy) is 2. The second-order valence-electron chi connectivity index (χ2n) is 4.04. The van der Waals surface area contributed by atoms with Gasteiger partial charge in [0.05, 0.1) is 25.7 Å². The molecule has 0 aromatic heterocycles. The van der Waals surface area contributed by atoms with Crippen molar-refractivity contribution in [2.24, 2.45) is 5.92 Å². The zero-order valence-corrected chi connectivity index (χ0v) is 8.92. The number of carbonyl (C=O) groups is 2. The molecule has 2 fully saturated rings. The summed E-state index contributed by atoms with van der Waals surface area (Å²) >= 11 is 0. The maximum absolute atomic E-state index is 12.0. The minimum absolute atomic E-state index is 0.00736. The van der Waals surface area contributed by atoms with Gasteiger partial charge in [-0.1, -0.05) is 0 Å². The third kappa shape index (κ3) is 2.33. The van der Waals surface area contributed by atoms with Gasteiger partial charge in [0.15, 0.2) is 6.10 Å². The van der Waals surface area contributed by atoms with Crippen LogP contribution in [0.1, 0.15) is 6.42 Å². The number of amides is 1. The zero-order chi connectivity index (χ0) is 11.5. The fourth-order valence-corrected chi connectivity index (χ4v) is 1.99. The van der Waals surface area contributed by atoms with Crippen molar-refractivity contribution in [3.63, 3.8) is 0 Å². The minimum Gasteiger partial charge on any atom is -0.479 e. The Morgan fingerprint density at radius 3 is 2.75 bits per heavy atom. The first-order chi connectivity index (χ1) is 7.68. The quantitative estimate of drug-likeness (QED) is 0.680. The van der Waals surface area contributed by atoms with Crippen LogP contribution >= 0.6 is 0 Å². The van der Waals surface area contributed by atoms with Gasteiger partial charge in [-0.15, -0.1) is 0 Å². The summed E-state index contributed by atoms with van der Waals surface area (Å²) < 4.78 is 10.2. The average molecular weight is 229 g/mol. The van der Waals surface area contributed by atoms with Gasteiger partial charge in [0, 0.05) is 13.2 Å². The molecule has 2 heterocycles. The van der Waals surface area contributed by atoms with Gasteiger partial charge in [-0.25, -0.2) is 4.79 Å². The Labute approximate surface area is 93.1 Å². The number of aliphatic carboxylic acids is 1. The minimum atomic E-state index is -1.01. The van der Waals surface area contributed by atoms with E-state index >= 15 is 0 Å². The highest BCUT2D eigenvalue weighted by Gasteiger charge is 2.33. The lowest BCUT2D eigenvalue weighted by Gasteiger charge is -2.32. The van der Waals surface area contributed by atoms with Gasteiger partial charge < -0.3 is 19.5 Å². The summed E-state index contributed by atoms with van der Waals surface area (Å²) in [4.78, 5) is 24.3. The van der Waals surface area contributed by atoms with Crippen molar-refractivity contribution in [3.8, 4) is 0 Å². The number of hydrogen-bond donors (Lipinski definition) is 1. The highest BCUT2D eigenvalue weighted by molar-refractivity contribution is 5.81. The Bertz CT molecular complexity index is 287. The maximum Gasteiger partial charge on any atom is 0.334 e. The second kappa shape index (κ2) is 4.80. The van der Waals surface area contributed by atoms with E-state index in [1.165, 1.54) is 0 Å². The maximum atomic E-state index is 12.0. The summed E-state index contributed by atoms with van der Waals surface area (Å²) in [6.07, 6.45) is -0.159. The molecule has 0 bridgehead atoms. The molecular formula is C10H15NO5. The zero-order valence-electron chi connectivity index (χ0n) is 8.92. The third-order valence-corrected chi connectivity index (χ3v) is 2.93. The van der Waals surface area contributed by atoms with E-state index in [9.17, 15) is 9.59 Å². The van der Waals surface area contributed by atoms with Crippen LogP contribution in [0.5, 0.6) is 0 Å². The Kier molecular flexibility index (Phi) is 3.40. The molecule has 6 nitrogen and oxygen atoms in total. The van der Waals surface area contributed by atoms with Gasteiger partial charge in [0.1, 0.15) is 0 Å². The Hall–Kier alpha value is -1.14. The molecule has 0 aromatic carbocycles. The van der Waals surface area contributed by atoms with Gasteiger partial charge >= 0.3 is 5.97 Å². The summed E-state index contributed by atoms with van der Waals surface area (Å²) in [6, 6.07) is 0. The van der Waals surface area contributed by atoms with Crippen LogP contribution in [-0.2, 0) is 19.1 Å². The molecular weight excluding hydrogens is 214 g/mol. The van der Waals surface area contributed by atoms with E-state index in [4.69, 9.17) is 14.6 Å². The fraction of sp³-hybridized carbons (Fsp3) is 0.800. The van der Waals surface area contributed by atoms with Crippen LogP contribution in [-0.4, -0.2) is 60.9 Å². The van der Waals surface area contributed by atoms with E-state index in [-0.39, 0.29) is 25.0 Å². The van der Waals surface area contributed by atoms with Crippen LogP contribution in [0.2, 0.25) is 0 Å². The molecule has 6 heteroatoms. The van der Waals surface area contributed by atoms with Crippen LogP contribution < -0.4 is 0 Å². The van der Waals surface area contributed by atoms with Gasteiger partial charge in [0.25, 0.3) is 0 Å². The van der Waals surface area contributed by atoms with E-state index in [1.54, 1.807) is 4.90 Å². The summed E-state index contributed by atoms with van der Waals surface area (Å²) in [6.45, 7) is 1.97. The molecule has 0 radical (unpaired) electrons. The van der Waals surface area contributed by atoms with E-state index in [2.05, 4.69) is 0 Å². The first-order valence-electron chi connectivity index (χ1n) is 5.39. The highest BCUT2D eigenvalue weighted by Crippen LogP contribution is 2.17. The molecule has 2 unspecified atom stereocenters. The molecule has 2 saturated heterocycles. The lowest BCUT2D eigenvalue weighted by atomic mass is 10.1. The van der Waals surface area contributed by atoms with Crippen molar-refractivity contribution in [2.75, 3.05) is 32.9 Å². The third-order valence-electron chi connectivity index (χ3n) is 2.93. The van der Waals surface area contributed by atoms with Crippen molar-refractivity contribution < 1.29 is 24.2 Å². The molecule has 2 aliphatic heterocycles. The number of rotatable bonds is 2. The van der Waals surface area contributed by atoms with E-state index < -0.39 is 12.1 Å². The summed E-state index contributed by atoms with van der Waals surface area (Å²) in [5.74, 6) is -1.13. The number of hydrogen-bond acceptors (Lipinski definition) is 4. The smallest absolute Gasteiger partial charge is 0.334 e. The Morgan fingerprint density at radius 2 is 2.12 bits per heavy atom. The molecule has 2 rings (SSSR count). The van der Waals surface area contributed by atoms with Crippen molar-refractivity contribution in [1.29, 1.82) is 0 Å². The molecule has 0 aliphatic carbocycles. The molecule has 0 saturated carbocycles. The molecule has 2 aliphatic rings. The van der Waals surface area contributed by atoms with Gasteiger partial charge in [0.2, 0.25) is 5.91 Å². The van der Waals surface area contributed by atoms with Crippen molar-refractivity contribution in [3.05, 3.63) is 0 Å². The lowest BCUT2D eigenvalue weighted by molar-refractivity contribution is -0.160. The van der Waals surface area contributed by atoms with Crippen LogP contribution in [0.4, 0.5) is 0 Å². The predicted octanol–water partition coefficient (Wildman–Crippen LogP) is -0.665. The largest absolute Gasteiger partial charge is 0.479 e. The SMILES string of the molecule is O=C(O)C1CN(C(=O)C2CCOC2)CCO1. The van der Waals surface area contributed by atoms with E-state index in [0.717, 1.165) is 6.42 Å². The second-order valence-corrected chi connectivity index (χ2v) is 4.04. The summed E-state index contributed by atoms with van der Waals surface area (Å²) in [5, 5.41) is 8.82. The predicted molar refractivity (Wildman–Crippen MR) is 52.9 cm³/mol. The molecule has 1 N–H and O–H groups in total. The number of morpholine rings is 1. The van der Waals surface area contributed by atoms with Crippen LogP contribution in [0.25, 0.3) is 0 Å². The highest BCUT2D eigenvalue weighted by atomic mass is 16.5. The van der Waals surface area contributed by atoms with Gasteiger partial charge in [-0.2, -0.15) is 0 Å². The molecule has 1 amide bonds. The molecule has 0 aromatic rings. The standard InChI is InChI=1S/C10H15NO5/c12-9(7-1-3-15-6-7)11-2-4-16-8(5-11)10(13)14/h7-8H,1-6H2,(H,13,14). The number of carboxylic acids is 1. The molecule has 90 valence electrons. The molecule has 2 atom stereocenters. The van der Waals surface area contributed by atoms with Crippen LogP contribution in [0, 0.1) is 5.92 Å². The van der Waals surface area contributed by atoms with Crippen LogP contribution in [0.3, 0.4) is 0 Å². The average Bonchev–Trinajstić information content (AvgIpc) is 2.81. The first-order valence-corrected chi connectivity index (χ1v) is 5.39. The fourth-order valence-electron chi connectivity index (χ4n) is 1.99. The van der Waals surface area contributed by atoms with Crippen molar-refractivity contribution >= 4 is 11.9 Å². The van der Waals surface area contributed by atoms with Gasteiger partial charge in [-0.05, 0) is 6.42 Å². The summed E-state index contributed by atoms with van der Waals surface area (Å²) in [5.41, 5.74) is 0. The van der Waals surface area contributed by atoms with Crippen molar-refractivity contribution in [1.82, 2.24) is 4.90 Å². The lowest BCUT2D eigenvalue weighted by Crippen LogP contribution is -2.50. The number of nitrogens with zero attached hydrogens (tertiary/aromatic N) is 1. The molecule has 16 heavy (non-hydrogen) atoms. The Morgan fingerprint density at radius 1 is 1.31 bits per heavy atom. The number of carboxylic acid groups (broad SMARTS) is 1. The van der Waals surface area contributed by atoms with E-state index in [1.807, 2.05) is 0 Å². The Balaban J connectivity index is 1.93. The number of carbonyl (C=O) groups excluding carboxylic acids is 1. The normalized spacial score (nSPS) is 30.4. The van der Waals surface area contributed by atoms with Gasteiger partial charge in [-0.3, -0.25) is 4.79 Å². The van der Waals surface area contributed by atoms with Crippen molar-refractivity contribution in [2.45, 2.75) is 12.5 Å². The first kappa shape index (κ1) is 11.3. The topological polar surface area (TPSA) is 76.1 Å². The van der Waals surface area contributed by atoms with Crippen LogP contribution in [0.15, 0.2) is 0 Å². The molecule has 0 spiro atoms. The van der Waals surface area contributed by atoms with E-state index in [0.29, 0.717) is 19.8 Å². The summed E-state index contributed by atoms with van der Waals surface area (Å²) in [7, 11) is 0. The monoisotopic (exact) mass is 229 g/mol.